The van der Waals surface area contributed by atoms with Crippen LogP contribution in [0, 0.1) is 5.92 Å². The predicted molar refractivity (Wildman–Crippen MR) is 125 cm³/mol. The molecule has 0 radical (unpaired) electrons. The number of likely N-dealkylation sites (tertiary alicyclic amines) is 2. The van der Waals surface area contributed by atoms with E-state index >= 15 is 0 Å². The Kier molecular flexibility index (Phi) is 7.64. The molecule has 1 amide bonds. The largest absolute Gasteiger partial charge is 0.356 e. The molecule has 172 valence electrons. The highest BCUT2D eigenvalue weighted by Crippen LogP contribution is 2.24. The Morgan fingerprint density at radius 3 is 2.55 bits per heavy atom. The van der Waals surface area contributed by atoms with Gasteiger partial charge in [-0.15, -0.1) is 0 Å². The summed E-state index contributed by atoms with van der Waals surface area (Å²) < 4.78 is 0. The number of hydrogen-bond donors (Lipinski definition) is 1. The summed E-state index contributed by atoms with van der Waals surface area (Å²) in [6.07, 6.45) is 11.3. The number of carbonyl (C=O) groups excluding carboxylic acids is 1. The van der Waals surface area contributed by atoms with E-state index in [9.17, 15) is 4.79 Å². The zero-order valence-electron chi connectivity index (χ0n) is 19.4. The summed E-state index contributed by atoms with van der Waals surface area (Å²) in [7, 11) is 0. The maximum absolute atomic E-state index is 12.5. The highest BCUT2D eigenvalue weighted by Gasteiger charge is 2.32. The first-order valence-corrected chi connectivity index (χ1v) is 12.5. The predicted octanol–water partition coefficient (Wildman–Crippen LogP) is 3.38. The molecule has 0 saturated carbocycles. The Bertz CT molecular complexity index is 712. The van der Waals surface area contributed by atoms with E-state index in [2.05, 4.69) is 38.8 Å². The number of piperidine rings is 1. The van der Waals surface area contributed by atoms with Gasteiger partial charge in [-0.3, -0.25) is 9.69 Å². The van der Waals surface area contributed by atoms with Crippen molar-refractivity contribution in [3.8, 4) is 0 Å². The van der Waals surface area contributed by atoms with Gasteiger partial charge < -0.3 is 15.1 Å². The molecule has 0 bridgehead atoms. The fourth-order valence-electron chi connectivity index (χ4n) is 5.25. The minimum Gasteiger partial charge on any atom is -0.356 e. The van der Waals surface area contributed by atoms with Gasteiger partial charge in [0.1, 0.15) is 5.82 Å². The van der Waals surface area contributed by atoms with Gasteiger partial charge in [0.2, 0.25) is 11.9 Å². The van der Waals surface area contributed by atoms with Crippen molar-refractivity contribution in [2.24, 2.45) is 5.92 Å². The van der Waals surface area contributed by atoms with Crippen molar-refractivity contribution in [1.29, 1.82) is 0 Å². The lowest BCUT2D eigenvalue weighted by atomic mass is 10.0. The first-order chi connectivity index (χ1) is 15.1. The molecule has 1 aromatic rings. The molecule has 3 aliphatic rings. The van der Waals surface area contributed by atoms with Crippen molar-refractivity contribution in [2.75, 3.05) is 49.5 Å². The Morgan fingerprint density at radius 1 is 1.10 bits per heavy atom. The summed E-state index contributed by atoms with van der Waals surface area (Å²) in [4.78, 5) is 28.9. The highest BCUT2D eigenvalue weighted by molar-refractivity contribution is 5.78. The molecule has 3 fully saturated rings. The minimum absolute atomic E-state index is 0.155. The molecule has 3 saturated heterocycles. The van der Waals surface area contributed by atoms with Gasteiger partial charge >= 0.3 is 0 Å². The van der Waals surface area contributed by atoms with Crippen LogP contribution in [-0.4, -0.2) is 77.0 Å². The van der Waals surface area contributed by atoms with Crippen LogP contribution in [0.1, 0.15) is 65.2 Å². The molecule has 1 aromatic heterocycles. The summed E-state index contributed by atoms with van der Waals surface area (Å²) in [5.41, 5.74) is 0. The lowest BCUT2D eigenvalue weighted by Crippen LogP contribution is -2.47. The number of carbonyl (C=O) groups is 1. The van der Waals surface area contributed by atoms with E-state index in [1.54, 1.807) is 0 Å². The van der Waals surface area contributed by atoms with Crippen LogP contribution in [0.15, 0.2) is 12.3 Å². The van der Waals surface area contributed by atoms with Crippen molar-refractivity contribution in [3.05, 3.63) is 12.3 Å². The molecule has 1 N–H and O–H groups in total. The maximum Gasteiger partial charge on any atom is 0.225 e. The fourth-order valence-corrected chi connectivity index (χ4v) is 5.25. The van der Waals surface area contributed by atoms with E-state index in [4.69, 9.17) is 4.98 Å². The lowest BCUT2D eigenvalue weighted by molar-refractivity contribution is -0.136. The Hall–Kier alpha value is -1.89. The lowest BCUT2D eigenvalue weighted by Gasteiger charge is -2.37. The topological polar surface area (TPSA) is 64.6 Å². The number of amides is 1. The van der Waals surface area contributed by atoms with Crippen molar-refractivity contribution in [1.82, 2.24) is 19.8 Å². The van der Waals surface area contributed by atoms with Gasteiger partial charge in [0.05, 0.1) is 0 Å². The maximum atomic E-state index is 12.5. The molecular formula is C24H40N6O. The molecule has 3 aliphatic heterocycles. The summed E-state index contributed by atoms with van der Waals surface area (Å²) in [6, 6.07) is 3.04. The molecule has 2 atom stereocenters. The number of aromatic nitrogens is 2. The molecule has 4 rings (SSSR count). The van der Waals surface area contributed by atoms with Crippen LogP contribution in [0.2, 0.25) is 0 Å². The fraction of sp³-hybridized carbons (Fsp3) is 0.792. The number of nitrogens with one attached hydrogen (secondary N) is 1. The molecule has 4 heterocycles. The summed E-state index contributed by atoms with van der Waals surface area (Å²) >= 11 is 0. The molecular weight excluding hydrogens is 388 g/mol. The van der Waals surface area contributed by atoms with Gasteiger partial charge in [-0.25, -0.2) is 4.98 Å². The van der Waals surface area contributed by atoms with E-state index in [1.165, 1.54) is 25.7 Å². The minimum atomic E-state index is 0.155. The Labute approximate surface area is 187 Å². The van der Waals surface area contributed by atoms with Crippen molar-refractivity contribution in [2.45, 2.75) is 77.3 Å². The second-order valence-electron chi connectivity index (χ2n) is 9.63. The smallest absolute Gasteiger partial charge is 0.225 e. The van der Waals surface area contributed by atoms with Crippen molar-refractivity contribution < 1.29 is 4.79 Å². The average molecular weight is 429 g/mol. The quantitative estimate of drug-likeness (QED) is 0.749. The van der Waals surface area contributed by atoms with Crippen molar-refractivity contribution in [3.63, 3.8) is 0 Å². The third kappa shape index (κ3) is 5.68. The number of rotatable bonds is 6. The van der Waals surface area contributed by atoms with Crippen LogP contribution in [0.4, 0.5) is 11.8 Å². The van der Waals surface area contributed by atoms with Crippen molar-refractivity contribution >= 4 is 17.7 Å². The highest BCUT2D eigenvalue weighted by atomic mass is 16.2. The first-order valence-electron chi connectivity index (χ1n) is 12.5. The number of hydrogen-bond acceptors (Lipinski definition) is 6. The van der Waals surface area contributed by atoms with Crippen LogP contribution < -0.4 is 10.2 Å². The van der Waals surface area contributed by atoms with Crippen LogP contribution in [-0.2, 0) is 4.79 Å². The monoisotopic (exact) mass is 428 g/mol. The van der Waals surface area contributed by atoms with Crippen LogP contribution >= 0.6 is 0 Å². The van der Waals surface area contributed by atoms with Gasteiger partial charge in [0.25, 0.3) is 0 Å². The Morgan fingerprint density at radius 2 is 1.84 bits per heavy atom. The normalized spacial score (nSPS) is 24.8. The standard InChI is InChI=1S/C24H40N6O/c1-3-19(2)23(31)29-16-10-21(11-17-29)30-15-9-20(18-30)26-24-25-12-8-22(27-24)28-13-6-4-5-7-14-28/h8,12,19-21H,3-7,9-11,13-18H2,1-2H3,(H,25,26,27). The third-order valence-electron chi connectivity index (χ3n) is 7.45. The number of anilines is 2. The average Bonchev–Trinajstić information content (AvgIpc) is 3.10. The van der Waals surface area contributed by atoms with Gasteiger partial charge in [-0.1, -0.05) is 26.7 Å². The van der Waals surface area contributed by atoms with E-state index in [0.717, 1.165) is 76.7 Å². The molecule has 7 nitrogen and oxygen atoms in total. The summed E-state index contributed by atoms with van der Waals surface area (Å²) in [5.74, 6) is 2.32. The molecule has 0 aliphatic carbocycles. The second kappa shape index (κ2) is 10.6. The van der Waals surface area contributed by atoms with Gasteiger partial charge in [0.15, 0.2) is 0 Å². The summed E-state index contributed by atoms with van der Waals surface area (Å²) in [5, 5.41) is 3.60. The van der Waals surface area contributed by atoms with Gasteiger partial charge in [-0.2, -0.15) is 4.98 Å². The Balaban J connectivity index is 1.26. The molecule has 2 unspecified atom stereocenters. The van der Waals surface area contributed by atoms with Crippen LogP contribution in [0.5, 0.6) is 0 Å². The van der Waals surface area contributed by atoms with Gasteiger partial charge in [-0.05, 0) is 44.6 Å². The first kappa shape index (κ1) is 22.3. The number of nitrogens with zero attached hydrogens (tertiary/aromatic N) is 5. The molecule has 0 spiro atoms. The second-order valence-corrected chi connectivity index (χ2v) is 9.63. The van der Waals surface area contributed by atoms with E-state index in [-0.39, 0.29) is 5.92 Å². The van der Waals surface area contributed by atoms with E-state index in [0.29, 0.717) is 18.0 Å². The van der Waals surface area contributed by atoms with E-state index < -0.39 is 0 Å². The van der Waals surface area contributed by atoms with E-state index in [1.807, 2.05) is 12.3 Å². The third-order valence-corrected chi connectivity index (χ3v) is 7.45. The van der Waals surface area contributed by atoms with Crippen LogP contribution in [0.25, 0.3) is 0 Å². The van der Waals surface area contributed by atoms with Gasteiger partial charge in [0, 0.05) is 63.5 Å². The SMILES string of the molecule is CCC(C)C(=O)N1CCC(N2CCC(Nc3nccc(N4CCCCCC4)n3)C2)CC1. The zero-order chi connectivity index (χ0) is 21.6. The van der Waals surface area contributed by atoms with Crippen LogP contribution in [0.3, 0.4) is 0 Å². The summed E-state index contributed by atoms with van der Waals surface area (Å²) in [6.45, 7) is 10.3. The molecule has 7 heteroatoms. The molecule has 0 aromatic carbocycles. The zero-order valence-corrected chi connectivity index (χ0v) is 19.4. The molecule has 31 heavy (non-hydrogen) atoms.